The van der Waals surface area contributed by atoms with Crippen LogP contribution >= 0.6 is 58.8 Å². The highest BCUT2D eigenvalue weighted by atomic mass is 35.5. The van der Waals surface area contributed by atoms with Gasteiger partial charge in [-0.3, -0.25) is 0 Å². The Morgan fingerprint density at radius 2 is 1.83 bits per heavy atom. The molecule has 0 saturated carbocycles. The van der Waals surface area contributed by atoms with Crippen LogP contribution < -0.4 is 0 Å². The first-order chi connectivity index (χ1) is 5.15. The standard InChI is InChI=1S/C6H3Cl4N.ClH/c7-2-3-4(8)1-5(9)11-6(3)10;/h1H,2H2;1H. The van der Waals surface area contributed by atoms with E-state index in [0.29, 0.717) is 10.6 Å². The van der Waals surface area contributed by atoms with Crippen LogP contribution in [0.5, 0.6) is 0 Å². The maximum atomic E-state index is 5.74. The Morgan fingerprint density at radius 1 is 1.25 bits per heavy atom. The third kappa shape index (κ3) is 2.82. The molecule has 6 heteroatoms. The number of alkyl halides is 1. The monoisotopic (exact) mass is 265 g/mol. The molecular formula is C6H4Cl5N. The highest BCUT2D eigenvalue weighted by molar-refractivity contribution is 6.38. The summed E-state index contributed by atoms with van der Waals surface area (Å²) in [5, 5.41) is 0.983. The van der Waals surface area contributed by atoms with Crippen LogP contribution in [0.25, 0.3) is 0 Å². The maximum Gasteiger partial charge on any atom is 0.136 e. The highest BCUT2D eigenvalue weighted by Crippen LogP contribution is 2.26. The number of aromatic nitrogens is 1. The van der Waals surface area contributed by atoms with Gasteiger partial charge in [-0.05, 0) is 6.07 Å². The molecule has 1 aromatic heterocycles. The second-order valence-corrected chi connectivity index (χ2v) is 3.25. The van der Waals surface area contributed by atoms with Gasteiger partial charge < -0.3 is 0 Å². The van der Waals surface area contributed by atoms with Crippen LogP contribution in [0.2, 0.25) is 15.3 Å². The first-order valence-electron chi connectivity index (χ1n) is 2.71. The van der Waals surface area contributed by atoms with Crippen molar-refractivity contribution in [1.82, 2.24) is 4.98 Å². The molecule has 1 heterocycles. The molecule has 0 aliphatic carbocycles. The Bertz CT molecular complexity index is 252. The van der Waals surface area contributed by atoms with Crippen LogP contribution in [0.1, 0.15) is 5.56 Å². The fraction of sp³-hybridized carbons (Fsp3) is 0.167. The van der Waals surface area contributed by atoms with Crippen LogP contribution in [0.4, 0.5) is 0 Å². The van der Waals surface area contributed by atoms with E-state index in [4.69, 9.17) is 46.4 Å². The lowest BCUT2D eigenvalue weighted by Gasteiger charge is -2.01. The van der Waals surface area contributed by atoms with Gasteiger partial charge in [-0.1, -0.05) is 34.8 Å². The molecule has 0 spiro atoms. The summed E-state index contributed by atoms with van der Waals surface area (Å²) < 4.78 is 0. The predicted octanol–water partition coefficient (Wildman–Crippen LogP) is 4.20. The van der Waals surface area contributed by atoms with Crippen molar-refractivity contribution in [2.75, 3.05) is 0 Å². The van der Waals surface area contributed by atoms with Crippen LogP contribution in [0.15, 0.2) is 6.07 Å². The maximum absolute atomic E-state index is 5.74. The summed E-state index contributed by atoms with van der Waals surface area (Å²) in [4.78, 5) is 3.77. The van der Waals surface area contributed by atoms with Crippen LogP contribution in [-0.2, 0) is 5.88 Å². The average molecular weight is 267 g/mol. The van der Waals surface area contributed by atoms with Gasteiger partial charge in [-0.25, -0.2) is 4.98 Å². The van der Waals surface area contributed by atoms with Gasteiger partial charge in [-0.15, -0.1) is 24.0 Å². The number of halogens is 5. The van der Waals surface area contributed by atoms with Gasteiger partial charge in [0.05, 0.1) is 10.9 Å². The summed E-state index contributed by atoms with van der Waals surface area (Å²) in [7, 11) is 0. The molecule has 1 aromatic rings. The number of rotatable bonds is 1. The fourth-order valence-corrected chi connectivity index (χ4v) is 1.87. The molecule has 0 radical (unpaired) electrons. The van der Waals surface area contributed by atoms with E-state index < -0.39 is 0 Å². The molecule has 0 saturated heterocycles. The summed E-state index contributed by atoms with van der Waals surface area (Å²) in [6.45, 7) is 0. The Labute approximate surface area is 96.4 Å². The summed E-state index contributed by atoms with van der Waals surface area (Å²) in [6.07, 6.45) is 0. The second kappa shape index (κ2) is 5.36. The Kier molecular flexibility index (Phi) is 5.62. The second-order valence-electron chi connectivity index (χ2n) is 1.83. The molecule has 12 heavy (non-hydrogen) atoms. The zero-order valence-corrected chi connectivity index (χ0v) is 9.49. The zero-order chi connectivity index (χ0) is 8.43. The van der Waals surface area contributed by atoms with E-state index in [9.17, 15) is 0 Å². The summed E-state index contributed by atoms with van der Waals surface area (Å²) in [5.74, 6) is 0.238. The lowest BCUT2D eigenvalue weighted by molar-refractivity contribution is 1.25. The largest absolute Gasteiger partial charge is 0.224 e. The van der Waals surface area contributed by atoms with Crippen molar-refractivity contribution < 1.29 is 0 Å². The van der Waals surface area contributed by atoms with Crippen molar-refractivity contribution >= 4 is 58.8 Å². The lowest BCUT2D eigenvalue weighted by Crippen LogP contribution is -1.86. The number of pyridine rings is 1. The van der Waals surface area contributed by atoms with Crippen molar-refractivity contribution in [2.45, 2.75) is 5.88 Å². The minimum atomic E-state index is 0. The van der Waals surface area contributed by atoms with Crippen molar-refractivity contribution in [3.05, 3.63) is 27.0 Å². The SMILES string of the molecule is Cl.ClCc1c(Cl)cc(Cl)nc1Cl. The Balaban J connectivity index is 0.00000121. The van der Waals surface area contributed by atoms with E-state index in [1.54, 1.807) is 0 Å². The van der Waals surface area contributed by atoms with Crippen molar-refractivity contribution in [1.29, 1.82) is 0 Å². The van der Waals surface area contributed by atoms with Crippen LogP contribution in [0.3, 0.4) is 0 Å². The number of hydrogen-bond acceptors (Lipinski definition) is 1. The summed E-state index contributed by atoms with van der Waals surface area (Å²) in [5.41, 5.74) is 0.611. The first-order valence-corrected chi connectivity index (χ1v) is 4.38. The topological polar surface area (TPSA) is 12.9 Å². The normalized spacial score (nSPS) is 9.33. The minimum Gasteiger partial charge on any atom is -0.224 e. The van der Waals surface area contributed by atoms with Crippen LogP contribution in [-0.4, -0.2) is 4.98 Å². The summed E-state index contributed by atoms with van der Waals surface area (Å²) in [6, 6.07) is 1.51. The lowest BCUT2D eigenvalue weighted by atomic mass is 10.3. The molecule has 0 unspecified atom stereocenters. The van der Waals surface area contributed by atoms with Crippen molar-refractivity contribution in [3.63, 3.8) is 0 Å². The van der Waals surface area contributed by atoms with Gasteiger partial charge in [0, 0.05) is 5.56 Å². The van der Waals surface area contributed by atoms with Crippen molar-refractivity contribution in [3.8, 4) is 0 Å². The van der Waals surface area contributed by atoms with Crippen LogP contribution in [0, 0.1) is 0 Å². The molecule has 0 aliphatic rings. The highest BCUT2D eigenvalue weighted by Gasteiger charge is 2.06. The fourth-order valence-electron chi connectivity index (χ4n) is 0.603. The molecule has 0 bridgehead atoms. The van der Waals surface area contributed by atoms with E-state index in [1.807, 2.05) is 0 Å². The molecule has 0 aliphatic heterocycles. The predicted molar refractivity (Wildman–Crippen MR) is 56.1 cm³/mol. The summed E-state index contributed by atoms with van der Waals surface area (Å²) >= 11 is 22.5. The molecule has 1 nitrogen and oxygen atoms in total. The smallest absolute Gasteiger partial charge is 0.136 e. The van der Waals surface area contributed by atoms with Crippen molar-refractivity contribution in [2.24, 2.45) is 0 Å². The van der Waals surface area contributed by atoms with Gasteiger partial charge in [-0.2, -0.15) is 0 Å². The first kappa shape index (κ1) is 12.6. The molecule has 68 valence electrons. The quantitative estimate of drug-likeness (QED) is 0.549. The van der Waals surface area contributed by atoms with E-state index in [2.05, 4.69) is 4.98 Å². The molecule has 1 rings (SSSR count). The minimum absolute atomic E-state index is 0. The molecule has 0 N–H and O–H groups in total. The molecule has 0 fully saturated rings. The third-order valence-electron chi connectivity index (χ3n) is 1.12. The number of nitrogens with zero attached hydrogens (tertiary/aromatic N) is 1. The van der Waals surface area contributed by atoms with E-state index >= 15 is 0 Å². The molecular weight excluding hydrogens is 263 g/mol. The van der Waals surface area contributed by atoms with Gasteiger partial charge >= 0.3 is 0 Å². The Morgan fingerprint density at radius 3 is 2.25 bits per heavy atom. The average Bonchev–Trinajstić information content (AvgIpc) is 1.85. The van der Waals surface area contributed by atoms with Gasteiger partial charge in [0.2, 0.25) is 0 Å². The van der Waals surface area contributed by atoms with Gasteiger partial charge in [0.15, 0.2) is 0 Å². The van der Waals surface area contributed by atoms with E-state index in [1.165, 1.54) is 6.07 Å². The van der Waals surface area contributed by atoms with Gasteiger partial charge in [0.1, 0.15) is 10.3 Å². The number of hydrogen-bond donors (Lipinski definition) is 0. The molecule has 0 aromatic carbocycles. The molecule has 0 amide bonds. The van der Waals surface area contributed by atoms with E-state index in [-0.39, 0.29) is 28.6 Å². The third-order valence-corrected chi connectivity index (χ3v) is 2.23. The van der Waals surface area contributed by atoms with Gasteiger partial charge in [0.25, 0.3) is 0 Å². The Hall–Kier alpha value is 0.600. The molecule has 0 atom stereocenters. The zero-order valence-electron chi connectivity index (χ0n) is 5.65. The van der Waals surface area contributed by atoms with E-state index in [0.717, 1.165) is 0 Å².